The predicted molar refractivity (Wildman–Crippen MR) is 83.3 cm³/mol. The van der Waals surface area contributed by atoms with Gasteiger partial charge in [-0.25, -0.2) is 4.79 Å². The maximum atomic E-state index is 11.8. The molecule has 0 heterocycles. The second-order valence-electron chi connectivity index (χ2n) is 4.97. The van der Waals surface area contributed by atoms with E-state index >= 15 is 0 Å². The molecule has 0 aliphatic carbocycles. The van der Waals surface area contributed by atoms with Crippen LogP contribution in [-0.4, -0.2) is 31.6 Å². The van der Waals surface area contributed by atoms with Gasteiger partial charge in [0.25, 0.3) is 0 Å². The smallest absolute Gasteiger partial charge is 0.410 e. The fourth-order valence-corrected chi connectivity index (χ4v) is 2.09. The van der Waals surface area contributed by atoms with E-state index in [1.165, 1.54) is 0 Å². The standard InChI is InChI=1S/C17H20N2O2/c1-19(2)16(14-9-5-3-6-10-14)13-18-17(20)21-15-11-7-4-8-12-15/h3-12,16H,13H2,1-2H3,(H,18,20). The normalized spacial score (nSPS) is 12.0. The Morgan fingerprint density at radius 1 is 1.05 bits per heavy atom. The minimum absolute atomic E-state index is 0.106. The summed E-state index contributed by atoms with van der Waals surface area (Å²) in [5, 5.41) is 2.81. The largest absolute Gasteiger partial charge is 0.412 e. The summed E-state index contributed by atoms with van der Waals surface area (Å²) in [4.78, 5) is 13.9. The molecule has 4 nitrogen and oxygen atoms in total. The molecule has 0 aliphatic rings. The third-order valence-electron chi connectivity index (χ3n) is 3.20. The maximum Gasteiger partial charge on any atom is 0.412 e. The third-order valence-corrected chi connectivity index (χ3v) is 3.20. The van der Waals surface area contributed by atoms with Crippen molar-refractivity contribution in [2.75, 3.05) is 20.6 Å². The Labute approximate surface area is 125 Å². The zero-order valence-corrected chi connectivity index (χ0v) is 12.3. The molecule has 0 aromatic heterocycles. The number of benzene rings is 2. The second kappa shape index (κ2) is 7.45. The Morgan fingerprint density at radius 2 is 1.62 bits per heavy atom. The van der Waals surface area contributed by atoms with Crippen LogP contribution in [0.15, 0.2) is 60.7 Å². The fraction of sp³-hybridized carbons (Fsp3) is 0.235. The van der Waals surface area contributed by atoms with Gasteiger partial charge in [-0.3, -0.25) is 0 Å². The minimum Gasteiger partial charge on any atom is -0.410 e. The van der Waals surface area contributed by atoms with E-state index in [9.17, 15) is 4.79 Å². The summed E-state index contributed by atoms with van der Waals surface area (Å²) >= 11 is 0. The zero-order chi connectivity index (χ0) is 15.1. The molecule has 0 radical (unpaired) electrons. The van der Waals surface area contributed by atoms with Crippen LogP contribution in [0.25, 0.3) is 0 Å². The first-order chi connectivity index (χ1) is 10.2. The first-order valence-corrected chi connectivity index (χ1v) is 6.89. The van der Waals surface area contributed by atoms with Crippen LogP contribution in [0.5, 0.6) is 5.75 Å². The van der Waals surface area contributed by atoms with Gasteiger partial charge in [0.05, 0.1) is 6.04 Å². The van der Waals surface area contributed by atoms with Gasteiger partial charge in [0.2, 0.25) is 0 Å². The first-order valence-electron chi connectivity index (χ1n) is 6.89. The molecule has 0 saturated carbocycles. The van der Waals surface area contributed by atoms with Gasteiger partial charge in [0.1, 0.15) is 5.75 Å². The Kier molecular flexibility index (Phi) is 5.35. The van der Waals surface area contributed by atoms with Crippen molar-refractivity contribution in [2.24, 2.45) is 0 Å². The predicted octanol–water partition coefficient (Wildman–Crippen LogP) is 3.08. The minimum atomic E-state index is -0.441. The van der Waals surface area contributed by atoms with Crippen molar-refractivity contribution in [3.05, 3.63) is 66.2 Å². The molecule has 1 amide bonds. The van der Waals surface area contributed by atoms with Crippen LogP contribution in [0.2, 0.25) is 0 Å². The summed E-state index contributed by atoms with van der Waals surface area (Å²) in [5.41, 5.74) is 1.16. The SMILES string of the molecule is CN(C)C(CNC(=O)Oc1ccccc1)c1ccccc1. The van der Waals surface area contributed by atoms with Crippen LogP contribution in [-0.2, 0) is 0 Å². The number of rotatable bonds is 5. The summed E-state index contributed by atoms with van der Waals surface area (Å²) in [6.07, 6.45) is -0.441. The highest BCUT2D eigenvalue weighted by Crippen LogP contribution is 2.16. The number of nitrogens with one attached hydrogen (secondary N) is 1. The van der Waals surface area contributed by atoms with Crippen LogP contribution < -0.4 is 10.1 Å². The molecule has 0 bridgehead atoms. The maximum absolute atomic E-state index is 11.8. The van der Waals surface area contributed by atoms with E-state index in [2.05, 4.69) is 22.3 Å². The summed E-state index contributed by atoms with van der Waals surface area (Å²) in [6, 6.07) is 19.2. The lowest BCUT2D eigenvalue weighted by atomic mass is 10.1. The Morgan fingerprint density at radius 3 is 2.19 bits per heavy atom. The third kappa shape index (κ3) is 4.61. The van der Waals surface area contributed by atoms with Gasteiger partial charge >= 0.3 is 6.09 Å². The molecule has 4 heteroatoms. The number of hydrogen-bond acceptors (Lipinski definition) is 3. The molecule has 1 atom stereocenters. The van der Waals surface area contributed by atoms with E-state index in [0.717, 1.165) is 5.56 Å². The highest BCUT2D eigenvalue weighted by Gasteiger charge is 2.15. The van der Waals surface area contributed by atoms with E-state index < -0.39 is 6.09 Å². The summed E-state index contributed by atoms with van der Waals surface area (Å²) < 4.78 is 5.21. The average molecular weight is 284 g/mol. The Hall–Kier alpha value is -2.33. The Bertz CT molecular complexity index is 556. The molecule has 2 aromatic rings. The number of carbonyl (C=O) groups is 1. The molecule has 21 heavy (non-hydrogen) atoms. The van der Waals surface area contributed by atoms with Gasteiger partial charge in [-0.1, -0.05) is 48.5 Å². The van der Waals surface area contributed by atoms with Crippen LogP contribution in [0.3, 0.4) is 0 Å². The molecule has 2 aromatic carbocycles. The average Bonchev–Trinajstić information content (AvgIpc) is 2.49. The van der Waals surface area contributed by atoms with Gasteiger partial charge in [0.15, 0.2) is 0 Å². The highest BCUT2D eigenvalue weighted by atomic mass is 16.6. The Balaban J connectivity index is 1.92. The molecular weight excluding hydrogens is 264 g/mol. The fourth-order valence-electron chi connectivity index (χ4n) is 2.09. The number of para-hydroxylation sites is 1. The van der Waals surface area contributed by atoms with Gasteiger partial charge in [-0.05, 0) is 31.8 Å². The molecule has 1 unspecified atom stereocenters. The van der Waals surface area contributed by atoms with Crippen molar-refractivity contribution in [1.29, 1.82) is 0 Å². The molecule has 2 rings (SSSR count). The lowest BCUT2D eigenvalue weighted by Crippen LogP contribution is -2.36. The van der Waals surface area contributed by atoms with E-state index in [4.69, 9.17) is 4.74 Å². The van der Waals surface area contributed by atoms with Gasteiger partial charge in [-0.15, -0.1) is 0 Å². The van der Waals surface area contributed by atoms with Crippen molar-refractivity contribution in [1.82, 2.24) is 10.2 Å². The van der Waals surface area contributed by atoms with Crippen molar-refractivity contribution in [2.45, 2.75) is 6.04 Å². The quantitative estimate of drug-likeness (QED) is 0.917. The van der Waals surface area contributed by atoms with Crippen molar-refractivity contribution in [3.63, 3.8) is 0 Å². The topological polar surface area (TPSA) is 41.6 Å². The van der Waals surface area contributed by atoms with Crippen molar-refractivity contribution >= 4 is 6.09 Å². The van der Waals surface area contributed by atoms with Crippen LogP contribution in [0.4, 0.5) is 4.79 Å². The van der Waals surface area contributed by atoms with Crippen molar-refractivity contribution < 1.29 is 9.53 Å². The van der Waals surface area contributed by atoms with Gasteiger partial charge in [0, 0.05) is 6.54 Å². The van der Waals surface area contributed by atoms with E-state index in [1.807, 2.05) is 50.5 Å². The number of likely N-dealkylation sites (N-methyl/N-ethyl adjacent to an activating group) is 1. The molecule has 1 N–H and O–H groups in total. The lowest BCUT2D eigenvalue weighted by molar-refractivity contribution is 0.194. The summed E-state index contributed by atoms with van der Waals surface area (Å²) in [7, 11) is 3.98. The molecule has 0 saturated heterocycles. The van der Waals surface area contributed by atoms with Crippen LogP contribution >= 0.6 is 0 Å². The number of amides is 1. The summed E-state index contributed by atoms with van der Waals surface area (Å²) in [6.45, 7) is 0.489. The molecular formula is C17H20N2O2. The summed E-state index contributed by atoms with van der Waals surface area (Å²) in [5.74, 6) is 0.538. The molecule has 110 valence electrons. The molecule has 0 fully saturated rings. The van der Waals surface area contributed by atoms with Gasteiger partial charge in [-0.2, -0.15) is 0 Å². The van der Waals surface area contributed by atoms with E-state index in [-0.39, 0.29) is 6.04 Å². The number of hydrogen-bond donors (Lipinski definition) is 1. The van der Waals surface area contributed by atoms with E-state index in [1.54, 1.807) is 12.1 Å². The molecule has 0 aliphatic heterocycles. The first kappa shape index (κ1) is 15.1. The number of ether oxygens (including phenoxy) is 1. The monoisotopic (exact) mass is 284 g/mol. The van der Waals surface area contributed by atoms with Gasteiger partial charge < -0.3 is 15.0 Å². The van der Waals surface area contributed by atoms with Crippen molar-refractivity contribution in [3.8, 4) is 5.75 Å². The zero-order valence-electron chi connectivity index (χ0n) is 12.3. The second-order valence-corrected chi connectivity index (χ2v) is 4.97. The van der Waals surface area contributed by atoms with Crippen LogP contribution in [0.1, 0.15) is 11.6 Å². The molecule has 0 spiro atoms. The lowest BCUT2D eigenvalue weighted by Gasteiger charge is -2.24. The van der Waals surface area contributed by atoms with Crippen LogP contribution in [0, 0.1) is 0 Å². The number of carbonyl (C=O) groups excluding carboxylic acids is 1. The highest BCUT2D eigenvalue weighted by molar-refractivity contribution is 5.70. The van der Waals surface area contributed by atoms with E-state index in [0.29, 0.717) is 12.3 Å². The number of nitrogens with zero attached hydrogens (tertiary/aromatic N) is 1.